The van der Waals surface area contributed by atoms with Gasteiger partial charge in [-0.3, -0.25) is 4.40 Å². The number of fused-ring (bicyclic) bond motifs is 1. The predicted molar refractivity (Wildman–Crippen MR) is 81.2 cm³/mol. The van der Waals surface area contributed by atoms with Gasteiger partial charge < -0.3 is 5.11 Å². The van der Waals surface area contributed by atoms with Crippen LogP contribution in [0.25, 0.3) is 5.65 Å². The first kappa shape index (κ1) is 14.2. The van der Waals surface area contributed by atoms with Gasteiger partial charge in [0.15, 0.2) is 5.65 Å². The van der Waals surface area contributed by atoms with Crippen molar-refractivity contribution in [1.82, 2.24) is 19.6 Å². The molecule has 6 nitrogen and oxygen atoms in total. The lowest BCUT2D eigenvalue weighted by Crippen LogP contribution is -2.10. The molecular formula is C16H16N4O2. The summed E-state index contributed by atoms with van der Waals surface area (Å²) in [5, 5.41) is 17.1. The van der Waals surface area contributed by atoms with Gasteiger partial charge in [-0.25, -0.2) is 9.78 Å². The van der Waals surface area contributed by atoms with Crippen molar-refractivity contribution in [2.75, 3.05) is 0 Å². The Labute approximate surface area is 127 Å². The van der Waals surface area contributed by atoms with Crippen molar-refractivity contribution >= 4 is 11.6 Å². The highest BCUT2D eigenvalue weighted by molar-refractivity contribution is 5.84. The van der Waals surface area contributed by atoms with Crippen molar-refractivity contribution in [2.24, 2.45) is 0 Å². The Morgan fingerprint density at radius 3 is 2.45 bits per heavy atom. The van der Waals surface area contributed by atoms with Gasteiger partial charge in [0.2, 0.25) is 5.82 Å². The Hall–Kier alpha value is -2.76. The molecule has 2 aromatic heterocycles. The number of hydrogen-bond donors (Lipinski definition) is 1. The van der Waals surface area contributed by atoms with E-state index >= 15 is 0 Å². The molecule has 3 aromatic rings. The zero-order valence-corrected chi connectivity index (χ0v) is 12.7. The monoisotopic (exact) mass is 296 g/mol. The lowest BCUT2D eigenvalue weighted by atomic mass is 10.0. The average Bonchev–Trinajstić information content (AvgIpc) is 2.91. The van der Waals surface area contributed by atoms with Gasteiger partial charge in [-0.05, 0) is 26.3 Å². The van der Waals surface area contributed by atoms with Gasteiger partial charge in [-0.2, -0.15) is 0 Å². The predicted octanol–water partition coefficient (Wildman–Crippen LogP) is 2.34. The minimum Gasteiger partial charge on any atom is -0.475 e. The molecule has 1 N–H and O–H groups in total. The molecular weight excluding hydrogens is 280 g/mol. The van der Waals surface area contributed by atoms with Crippen LogP contribution in [0, 0.1) is 20.8 Å². The first-order chi connectivity index (χ1) is 10.5. The van der Waals surface area contributed by atoms with Crippen LogP contribution >= 0.6 is 0 Å². The molecule has 0 unspecified atom stereocenters. The maximum Gasteiger partial charge on any atom is 0.374 e. The number of benzene rings is 1. The third kappa shape index (κ3) is 2.32. The molecule has 2 heterocycles. The van der Waals surface area contributed by atoms with Crippen LogP contribution in [0.5, 0.6) is 0 Å². The summed E-state index contributed by atoms with van der Waals surface area (Å²) in [5.41, 5.74) is 4.62. The van der Waals surface area contributed by atoms with Crippen LogP contribution in [-0.4, -0.2) is 30.7 Å². The largest absolute Gasteiger partial charge is 0.475 e. The highest BCUT2D eigenvalue weighted by Crippen LogP contribution is 2.19. The van der Waals surface area contributed by atoms with Crippen molar-refractivity contribution in [2.45, 2.75) is 27.2 Å². The minimum absolute atomic E-state index is 0.106. The maximum absolute atomic E-state index is 11.3. The number of rotatable bonds is 3. The molecule has 1 aromatic carbocycles. The molecule has 0 radical (unpaired) electrons. The standard InChI is InChI=1S/C16H16N4O2/c1-9-4-6-12(7-5-9)8-13-10(2)17-11(3)20-14(13)18-19-15(20)16(21)22/h4-7H,8H2,1-3H3,(H,21,22). The number of carbonyl (C=O) groups is 1. The number of aromatic nitrogens is 4. The second kappa shape index (κ2) is 5.22. The summed E-state index contributed by atoms with van der Waals surface area (Å²) in [6.07, 6.45) is 0.640. The van der Waals surface area contributed by atoms with Gasteiger partial charge in [0, 0.05) is 17.7 Å². The van der Waals surface area contributed by atoms with Crippen molar-refractivity contribution in [3.8, 4) is 0 Å². The summed E-state index contributed by atoms with van der Waals surface area (Å²) >= 11 is 0. The molecule has 112 valence electrons. The Morgan fingerprint density at radius 1 is 1.14 bits per heavy atom. The minimum atomic E-state index is -1.11. The fraction of sp³-hybridized carbons (Fsp3) is 0.250. The molecule has 0 amide bonds. The summed E-state index contributed by atoms with van der Waals surface area (Å²) in [4.78, 5) is 15.7. The molecule has 22 heavy (non-hydrogen) atoms. The van der Waals surface area contributed by atoms with Gasteiger partial charge in [0.05, 0.1) is 0 Å². The van der Waals surface area contributed by atoms with Crippen LogP contribution in [0.1, 0.15) is 38.8 Å². The summed E-state index contributed by atoms with van der Waals surface area (Å²) in [5.74, 6) is -0.643. The average molecular weight is 296 g/mol. The van der Waals surface area contributed by atoms with Crippen LogP contribution in [0.15, 0.2) is 24.3 Å². The Morgan fingerprint density at radius 2 is 1.82 bits per heavy atom. The second-order valence-electron chi connectivity index (χ2n) is 5.37. The normalized spacial score (nSPS) is 11.0. The van der Waals surface area contributed by atoms with Gasteiger partial charge in [-0.15, -0.1) is 10.2 Å². The van der Waals surface area contributed by atoms with Crippen LogP contribution in [-0.2, 0) is 6.42 Å². The van der Waals surface area contributed by atoms with Gasteiger partial charge in [0.25, 0.3) is 0 Å². The zero-order valence-electron chi connectivity index (χ0n) is 12.7. The SMILES string of the molecule is Cc1ccc(Cc2c(C)nc(C)n3c(C(=O)O)nnc23)cc1. The van der Waals surface area contributed by atoms with E-state index in [1.165, 1.54) is 9.96 Å². The zero-order chi connectivity index (χ0) is 15.9. The van der Waals surface area contributed by atoms with Crippen LogP contribution in [0.3, 0.4) is 0 Å². The summed E-state index contributed by atoms with van der Waals surface area (Å²) in [7, 11) is 0. The molecule has 0 saturated heterocycles. The second-order valence-corrected chi connectivity index (χ2v) is 5.37. The first-order valence-corrected chi connectivity index (χ1v) is 6.97. The fourth-order valence-corrected chi connectivity index (χ4v) is 2.56. The number of hydrogen-bond acceptors (Lipinski definition) is 4. The van der Waals surface area contributed by atoms with Crippen LogP contribution < -0.4 is 0 Å². The molecule has 6 heteroatoms. The summed E-state index contributed by atoms with van der Waals surface area (Å²) in [6.45, 7) is 5.70. The van der Waals surface area contributed by atoms with Gasteiger partial charge in [-0.1, -0.05) is 29.8 Å². The highest BCUT2D eigenvalue weighted by atomic mass is 16.4. The van der Waals surface area contributed by atoms with Crippen molar-refractivity contribution < 1.29 is 9.90 Å². The number of carboxylic acid groups (broad SMARTS) is 1. The lowest BCUT2D eigenvalue weighted by Gasteiger charge is -2.10. The number of aryl methyl sites for hydroxylation is 3. The molecule has 3 rings (SSSR count). The van der Waals surface area contributed by atoms with E-state index in [4.69, 9.17) is 0 Å². The maximum atomic E-state index is 11.3. The molecule has 0 atom stereocenters. The molecule has 0 bridgehead atoms. The van der Waals surface area contributed by atoms with Gasteiger partial charge >= 0.3 is 5.97 Å². The number of nitrogens with zero attached hydrogens (tertiary/aromatic N) is 4. The molecule has 0 aliphatic carbocycles. The molecule has 0 aliphatic rings. The Kier molecular flexibility index (Phi) is 3.36. The molecule has 0 aliphatic heterocycles. The van der Waals surface area contributed by atoms with E-state index in [-0.39, 0.29) is 5.82 Å². The highest BCUT2D eigenvalue weighted by Gasteiger charge is 2.19. The third-order valence-corrected chi connectivity index (χ3v) is 3.72. The molecule has 0 fully saturated rings. The summed E-state index contributed by atoms with van der Waals surface area (Å²) in [6, 6.07) is 8.21. The quantitative estimate of drug-likeness (QED) is 0.802. The van der Waals surface area contributed by atoms with Crippen molar-refractivity contribution in [1.29, 1.82) is 0 Å². The van der Waals surface area contributed by atoms with E-state index in [1.807, 2.05) is 13.8 Å². The lowest BCUT2D eigenvalue weighted by molar-refractivity contribution is 0.0681. The Balaban J connectivity index is 2.16. The third-order valence-electron chi connectivity index (χ3n) is 3.72. The van der Waals surface area contributed by atoms with E-state index < -0.39 is 5.97 Å². The number of carboxylic acids is 1. The van der Waals surface area contributed by atoms with E-state index in [0.717, 1.165) is 16.8 Å². The topological polar surface area (TPSA) is 80.4 Å². The van der Waals surface area contributed by atoms with Crippen LogP contribution in [0.4, 0.5) is 0 Å². The van der Waals surface area contributed by atoms with E-state index in [1.54, 1.807) is 6.92 Å². The van der Waals surface area contributed by atoms with E-state index in [9.17, 15) is 9.90 Å². The summed E-state index contributed by atoms with van der Waals surface area (Å²) < 4.78 is 1.50. The van der Waals surface area contributed by atoms with E-state index in [2.05, 4.69) is 39.4 Å². The van der Waals surface area contributed by atoms with E-state index in [0.29, 0.717) is 17.9 Å². The van der Waals surface area contributed by atoms with Crippen molar-refractivity contribution in [3.63, 3.8) is 0 Å². The molecule has 0 spiro atoms. The first-order valence-electron chi connectivity index (χ1n) is 6.97. The number of aromatic carboxylic acids is 1. The molecule has 0 saturated carbocycles. The van der Waals surface area contributed by atoms with Gasteiger partial charge in [0.1, 0.15) is 5.82 Å². The smallest absolute Gasteiger partial charge is 0.374 e. The van der Waals surface area contributed by atoms with Crippen molar-refractivity contribution in [3.05, 3.63) is 58.3 Å². The van der Waals surface area contributed by atoms with Crippen LogP contribution in [0.2, 0.25) is 0 Å². The fourth-order valence-electron chi connectivity index (χ4n) is 2.56. The Bertz CT molecular complexity index is 866.